The van der Waals surface area contributed by atoms with E-state index in [0.29, 0.717) is 34.6 Å². The number of allylic oxidation sites excluding steroid dienone is 1. The van der Waals surface area contributed by atoms with Gasteiger partial charge < -0.3 is 36.4 Å². The molecule has 0 fully saturated rings. The molecule has 0 amide bonds. The van der Waals surface area contributed by atoms with Gasteiger partial charge in [0.05, 0.1) is 29.2 Å². The Balaban J connectivity index is 1.61. The largest absolute Gasteiger partial charge is 0.495 e. The van der Waals surface area contributed by atoms with Crippen LogP contribution in [0.3, 0.4) is 0 Å². The second-order valence-electron chi connectivity index (χ2n) is 10.2. The summed E-state index contributed by atoms with van der Waals surface area (Å²) >= 11 is 4.47. The predicted molar refractivity (Wildman–Crippen MR) is 187 cm³/mol. The van der Waals surface area contributed by atoms with E-state index in [1.165, 1.54) is 6.21 Å². The molecule has 0 aliphatic heterocycles. The van der Waals surface area contributed by atoms with E-state index in [-0.39, 0.29) is 6.04 Å². The Bertz CT molecular complexity index is 1820. The van der Waals surface area contributed by atoms with E-state index in [1.807, 2.05) is 50.6 Å². The molecule has 6 N–H and O–H groups in total. The number of hydrogen-bond acceptors (Lipinski definition) is 11. The molecule has 1 atom stereocenters. The summed E-state index contributed by atoms with van der Waals surface area (Å²) in [6, 6.07) is 9.94. The van der Waals surface area contributed by atoms with Gasteiger partial charge in [-0.05, 0) is 74.0 Å². The number of ether oxygens (including phenoxy) is 1. The lowest BCUT2D eigenvalue weighted by Crippen LogP contribution is -2.19. The smallest absolute Gasteiger partial charge is 0.231 e. The van der Waals surface area contributed by atoms with Crippen LogP contribution in [0.5, 0.6) is 5.75 Å². The van der Waals surface area contributed by atoms with Gasteiger partial charge in [-0.15, -0.1) is 0 Å². The molecule has 5 aromatic rings. The summed E-state index contributed by atoms with van der Waals surface area (Å²) in [6.07, 6.45) is 9.23. The Kier molecular flexibility index (Phi) is 9.94. The van der Waals surface area contributed by atoms with Crippen LogP contribution in [0.15, 0.2) is 55.1 Å². The second-order valence-corrected chi connectivity index (χ2v) is 12.9. The minimum absolute atomic E-state index is 0.0106. The number of rotatable bonds is 13. The average molecular weight is 629 g/mol. The van der Waals surface area contributed by atoms with E-state index >= 15 is 0 Å². The zero-order valence-electron chi connectivity index (χ0n) is 25.4. The first-order chi connectivity index (χ1) is 21.4. The number of methoxy groups -OCH3 is 1. The van der Waals surface area contributed by atoms with Gasteiger partial charge in [-0.25, -0.2) is 0 Å². The number of fused-ring (bicyclic) bond motifs is 2. The molecule has 2 aromatic carbocycles. The molecule has 0 radical (unpaired) electrons. The van der Waals surface area contributed by atoms with Crippen LogP contribution < -0.4 is 31.3 Å². The highest BCUT2D eigenvalue weighted by Crippen LogP contribution is 2.38. The Labute approximate surface area is 263 Å². The maximum Gasteiger partial charge on any atom is 0.231 e. The molecule has 11 nitrogen and oxygen atoms in total. The van der Waals surface area contributed by atoms with Gasteiger partial charge in [0.25, 0.3) is 0 Å². The van der Waals surface area contributed by atoms with Crippen molar-refractivity contribution in [1.82, 2.24) is 35.6 Å². The first-order valence-electron chi connectivity index (χ1n) is 14.1. The van der Waals surface area contributed by atoms with Gasteiger partial charge in [0, 0.05) is 60.7 Å². The van der Waals surface area contributed by atoms with Gasteiger partial charge in [-0.1, -0.05) is 7.92 Å². The number of aromatic amines is 1. The molecule has 0 aliphatic rings. The second kappa shape index (κ2) is 14.0. The lowest BCUT2D eigenvalue weighted by molar-refractivity contribution is 0.415. The van der Waals surface area contributed by atoms with Crippen LogP contribution in [0.2, 0.25) is 0 Å². The van der Waals surface area contributed by atoms with E-state index in [0.717, 1.165) is 50.5 Å². The third kappa shape index (κ3) is 6.33. The topological polar surface area (TPSA) is 149 Å². The Morgan fingerprint density at radius 2 is 1.91 bits per heavy atom. The molecule has 228 valence electrons. The fourth-order valence-corrected chi connectivity index (χ4v) is 6.72. The number of hydrogen-bond donors (Lipinski definition) is 7. The Morgan fingerprint density at radius 1 is 1.09 bits per heavy atom. The van der Waals surface area contributed by atoms with E-state index in [1.54, 1.807) is 25.7 Å². The maximum absolute atomic E-state index is 8.13. The minimum Gasteiger partial charge on any atom is -0.495 e. The number of aromatic nitrogens is 5. The van der Waals surface area contributed by atoms with Crippen molar-refractivity contribution in [2.45, 2.75) is 12.5 Å². The van der Waals surface area contributed by atoms with Gasteiger partial charge in [-0.3, -0.25) is 9.97 Å². The fourth-order valence-electron chi connectivity index (χ4n) is 5.25. The number of nitrogens with one attached hydrogen (secondary N) is 6. The fraction of sp³-hybridized carbons (Fsp3) is 0.258. The molecule has 3 aromatic heterocycles. The summed E-state index contributed by atoms with van der Waals surface area (Å²) < 4.78 is 5.85. The predicted octanol–water partition coefficient (Wildman–Crippen LogP) is 5.55. The molecule has 0 bridgehead atoms. The van der Waals surface area contributed by atoms with Crippen LogP contribution in [0.25, 0.3) is 27.6 Å². The number of thiol groups is 1. The number of anilines is 4. The van der Waals surface area contributed by atoms with Crippen molar-refractivity contribution in [2.24, 2.45) is 0 Å². The third-order valence-electron chi connectivity index (χ3n) is 7.26. The molecule has 44 heavy (non-hydrogen) atoms. The number of nitrogens with zero attached hydrogens (tertiary/aromatic N) is 4. The molecule has 0 unspecified atom stereocenters. The summed E-state index contributed by atoms with van der Waals surface area (Å²) in [7, 11) is 4.86. The monoisotopic (exact) mass is 628 g/mol. The molecule has 0 saturated carbocycles. The molecular weight excluding hydrogens is 591 g/mol. The standard InChI is InChI=1S/C31H37N10OPS/c1-33-17-18(16-32)20-14-25(26(42-3)15-21(20)22(34-2)9-13-44)39-31-40-29-19(8-10-37-29)30(41-31)38-24-7-6-23-27(28(24)43(4)5)36-12-11-35-23/h6-8,10-12,14-17,22,32-34,44H,9,13H2,1-5H3,(H3,37,38,39,40,41)/b18-17+,32-16?/t22-/m0/s1. The summed E-state index contributed by atoms with van der Waals surface area (Å²) in [5.41, 5.74) is 6.62. The van der Waals surface area contributed by atoms with Crippen molar-refractivity contribution in [3.63, 3.8) is 0 Å². The van der Waals surface area contributed by atoms with Crippen molar-refractivity contribution in [1.29, 1.82) is 5.41 Å². The third-order valence-corrected chi connectivity index (χ3v) is 8.86. The van der Waals surface area contributed by atoms with Gasteiger partial charge in [-0.2, -0.15) is 22.6 Å². The van der Waals surface area contributed by atoms with Crippen molar-refractivity contribution < 1.29 is 4.74 Å². The average Bonchev–Trinajstić information content (AvgIpc) is 3.51. The number of benzene rings is 2. The summed E-state index contributed by atoms with van der Waals surface area (Å²) in [6.45, 7) is 4.41. The molecule has 0 spiro atoms. The van der Waals surface area contributed by atoms with Gasteiger partial charge in [0.15, 0.2) is 0 Å². The molecule has 0 aliphatic carbocycles. The molecule has 0 saturated heterocycles. The quantitative estimate of drug-likeness (QED) is 0.0506. The van der Waals surface area contributed by atoms with Crippen molar-refractivity contribution >= 4 is 82.9 Å². The molecule has 5 rings (SSSR count). The Hall–Kier alpha value is -4.25. The highest BCUT2D eigenvalue weighted by atomic mass is 32.1. The van der Waals surface area contributed by atoms with Crippen molar-refractivity contribution in [2.75, 3.05) is 50.9 Å². The van der Waals surface area contributed by atoms with Crippen LogP contribution in [-0.4, -0.2) is 71.4 Å². The lowest BCUT2D eigenvalue weighted by atomic mass is 9.93. The summed E-state index contributed by atoms with van der Waals surface area (Å²) in [5.74, 6) is 2.35. The zero-order valence-corrected chi connectivity index (χ0v) is 27.1. The van der Waals surface area contributed by atoms with E-state index in [4.69, 9.17) is 20.1 Å². The molecule has 3 heterocycles. The van der Waals surface area contributed by atoms with Crippen LogP contribution in [0.1, 0.15) is 23.6 Å². The van der Waals surface area contributed by atoms with Gasteiger partial charge in [0.1, 0.15) is 17.2 Å². The van der Waals surface area contributed by atoms with Gasteiger partial charge >= 0.3 is 0 Å². The van der Waals surface area contributed by atoms with Gasteiger partial charge in [0.2, 0.25) is 5.95 Å². The summed E-state index contributed by atoms with van der Waals surface area (Å²) in [5, 5.41) is 23.5. The number of H-pyrrole nitrogens is 1. The van der Waals surface area contributed by atoms with Crippen LogP contribution >= 0.6 is 20.6 Å². The van der Waals surface area contributed by atoms with Crippen molar-refractivity contribution in [3.05, 3.63) is 66.2 Å². The lowest BCUT2D eigenvalue weighted by Gasteiger charge is -2.23. The highest BCUT2D eigenvalue weighted by Gasteiger charge is 2.21. The SMILES string of the molecule is CN/C=C(\C=N)c1cc(Nc2nc(Nc3ccc4nccnc4c3P(C)C)c3cc[nH]c3n2)c(OC)cc1[C@H](CCS)NC. The molecule has 13 heteroatoms. The first-order valence-corrected chi connectivity index (χ1v) is 17.0. The Morgan fingerprint density at radius 3 is 2.61 bits per heavy atom. The zero-order chi connectivity index (χ0) is 31.2. The van der Waals surface area contributed by atoms with E-state index < -0.39 is 7.92 Å². The molecular formula is C31H37N10OPS. The highest BCUT2D eigenvalue weighted by molar-refractivity contribution is 7.80. The summed E-state index contributed by atoms with van der Waals surface area (Å²) in [4.78, 5) is 22.1. The van der Waals surface area contributed by atoms with E-state index in [9.17, 15) is 0 Å². The first kappa shape index (κ1) is 31.2. The van der Waals surface area contributed by atoms with E-state index in [2.05, 4.69) is 62.2 Å². The van der Waals surface area contributed by atoms with Crippen LogP contribution in [0, 0.1) is 5.41 Å². The van der Waals surface area contributed by atoms with Crippen molar-refractivity contribution in [3.8, 4) is 5.75 Å². The normalized spacial score (nSPS) is 12.5. The minimum atomic E-state index is -0.513. The maximum atomic E-state index is 8.13. The van der Waals surface area contributed by atoms with Crippen LogP contribution in [-0.2, 0) is 0 Å². The van der Waals surface area contributed by atoms with Crippen LogP contribution in [0.4, 0.5) is 23.1 Å².